The van der Waals surface area contributed by atoms with Crippen LogP contribution >= 0.6 is 0 Å². The number of aliphatic hydroxyl groups excluding tert-OH is 2. The highest BCUT2D eigenvalue weighted by Crippen LogP contribution is 1.30. The number of hydrogen-bond donors (Lipinski definition) is 2. The molecule has 2 nitrogen and oxygen atoms in total. The summed E-state index contributed by atoms with van der Waals surface area (Å²) in [6.45, 7) is 3.86. The summed E-state index contributed by atoms with van der Waals surface area (Å²) in [5.41, 5.74) is 0. The monoisotopic (exact) mass is 122 g/mol. The lowest BCUT2D eigenvalue weighted by Gasteiger charge is -1.52. The Kier molecular flexibility index (Phi) is 71.3. The van der Waals surface area contributed by atoms with Crippen molar-refractivity contribution < 1.29 is 10.2 Å². The molecule has 0 saturated heterocycles. The summed E-state index contributed by atoms with van der Waals surface area (Å²) in [6.07, 6.45) is 0. The lowest BCUT2D eigenvalue weighted by molar-refractivity contribution is 0.318. The largest absolute Gasteiger partial charge is 0.397 e. The van der Waals surface area contributed by atoms with Gasteiger partial charge in [0.1, 0.15) is 0 Å². The fourth-order valence-corrected chi connectivity index (χ4v) is 0. The maximum atomic E-state index is 7.57. The average molecular weight is 122 g/mol. The third kappa shape index (κ3) is 625. The van der Waals surface area contributed by atoms with Gasteiger partial charge >= 0.3 is 0 Å². The minimum atomic E-state index is 0. The molecule has 0 rings (SSSR count). The first-order chi connectivity index (χ1) is 2.83. The SMILES string of the molecule is CCO.CCO.[AlH3]. The molecule has 7 heavy (non-hydrogen) atoms. The van der Waals surface area contributed by atoms with E-state index in [9.17, 15) is 0 Å². The van der Waals surface area contributed by atoms with Gasteiger partial charge < -0.3 is 10.2 Å². The zero-order valence-electron chi connectivity index (χ0n) is 4.31. The zero-order valence-corrected chi connectivity index (χ0v) is 4.31. The number of rotatable bonds is 0. The van der Waals surface area contributed by atoms with Crippen molar-refractivity contribution in [3.8, 4) is 0 Å². The molecule has 3 heteroatoms. The Hall–Kier alpha value is 0.452. The zero-order chi connectivity index (χ0) is 5.41. The van der Waals surface area contributed by atoms with E-state index in [1.165, 1.54) is 0 Å². The molecule has 0 atom stereocenters. The molecule has 0 spiro atoms. The van der Waals surface area contributed by atoms with Crippen LogP contribution in [-0.4, -0.2) is 40.8 Å². The Labute approximate surface area is 55.3 Å². The van der Waals surface area contributed by atoms with Crippen molar-refractivity contribution in [2.24, 2.45) is 0 Å². The van der Waals surface area contributed by atoms with Gasteiger partial charge in [-0.1, -0.05) is 0 Å². The summed E-state index contributed by atoms with van der Waals surface area (Å²) in [6, 6.07) is 0. The van der Waals surface area contributed by atoms with Crippen molar-refractivity contribution in [2.75, 3.05) is 13.2 Å². The van der Waals surface area contributed by atoms with E-state index in [1.54, 1.807) is 13.8 Å². The smallest absolute Gasteiger partial charge is 0.187 e. The minimum Gasteiger partial charge on any atom is -0.397 e. The number of aliphatic hydroxyl groups is 2. The van der Waals surface area contributed by atoms with Gasteiger partial charge in [-0.2, -0.15) is 0 Å². The van der Waals surface area contributed by atoms with Gasteiger partial charge in [-0.3, -0.25) is 0 Å². The highest BCUT2D eigenvalue weighted by molar-refractivity contribution is 5.75. The van der Waals surface area contributed by atoms with Crippen molar-refractivity contribution in [3.05, 3.63) is 0 Å². The van der Waals surface area contributed by atoms with Crippen LogP contribution in [0.2, 0.25) is 0 Å². The molecular formula is C4H15AlO2. The average Bonchev–Trinajstić information content (AvgIpc) is 1.39. The van der Waals surface area contributed by atoms with E-state index >= 15 is 0 Å². The molecule has 0 bridgehead atoms. The molecule has 2 N–H and O–H groups in total. The fourth-order valence-electron chi connectivity index (χ4n) is 0. The van der Waals surface area contributed by atoms with Crippen LogP contribution in [0.3, 0.4) is 0 Å². The first kappa shape index (κ1) is 15.7. The highest BCUT2D eigenvalue weighted by atomic mass is 27.0. The van der Waals surface area contributed by atoms with Crippen molar-refractivity contribution in [3.63, 3.8) is 0 Å². The Morgan fingerprint density at radius 3 is 1.00 bits per heavy atom. The molecule has 0 aromatic rings. The summed E-state index contributed by atoms with van der Waals surface area (Å²) in [5, 5.41) is 15.1. The van der Waals surface area contributed by atoms with Gasteiger partial charge in [0.15, 0.2) is 17.4 Å². The predicted molar refractivity (Wildman–Crippen MR) is 35.5 cm³/mol. The van der Waals surface area contributed by atoms with Crippen LogP contribution in [0, 0.1) is 0 Å². The molecule has 0 aromatic heterocycles. The normalized spacial score (nSPS) is 5.14. The summed E-state index contributed by atoms with van der Waals surface area (Å²) in [7, 11) is 0. The Balaban J connectivity index is -0.0000000400. The van der Waals surface area contributed by atoms with Gasteiger partial charge in [-0.25, -0.2) is 0 Å². The summed E-state index contributed by atoms with van der Waals surface area (Å²) >= 11 is 0. The molecule has 46 valence electrons. The van der Waals surface area contributed by atoms with Crippen LogP contribution in [0.4, 0.5) is 0 Å². The fraction of sp³-hybridized carbons (Fsp3) is 1.00. The van der Waals surface area contributed by atoms with Crippen molar-refractivity contribution in [1.29, 1.82) is 0 Å². The van der Waals surface area contributed by atoms with E-state index in [2.05, 4.69) is 0 Å². The van der Waals surface area contributed by atoms with Gasteiger partial charge in [0.05, 0.1) is 0 Å². The molecule has 0 aliphatic heterocycles. The van der Waals surface area contributed by atoms with Crippen LogP contribution in [0.25, 0.3) is 0 Å². The van der Waals surface area contributed by atoms with E-state index in [1.807, 2.05) is 0 Å². The molecule has 0 aliphatic rings. The standard InChI is InChI=1S/2C2H6O.Al.3H/c2*1-2-3;;;;/h2*3H,2H2,1H3;;;;. The Morgan fingerprint density at radius 1 is 1.00 bits per heavy atom. The van der Waals surface area contributed by atoms with E-state index in [0.29, 0.717) is 0 Å². The van der Waals surface area contributed by atoms with Gasteiger partial charge in [-0.15, -0.1) is 0 Å². The molecule has 0 aromatic carbocycles. The topological polar surface area (TPSA) is 40.5 Å². The molecule has 0 heterocycles. The van der Waals surface area contributed by atoms with Gasteiger partial charge in [0.2, 0.25) is 0 Å². The molecular weight excluding hydrogens is 107 g/mol. The molecule has 0 aliphatic carbocycles. The maximum absolute atomic E-state index is 7.57. The lowest BCUT2D eigenvalue weighted by Crippen LogP contribution is -1.57. The van der Waals surface area contributed by atoms with E-state index in [0.717, 1.165) is 0 Å². The molecule has 0 fully saturated rings. The Bertz CT molecular complexity index is 11.7. The third-order valence-electron chi connectivity index (χ3n) is 0. The number of hydrogen-bond acceptors (Lipinski definition) is 2. The van der Waals surface area contributed by atoms with Crippen LogP contribution in [0.5, 0.6) is 0 Å². The van der Waals surface area contributed by atoms with Crippen LogP contribution in [-0.2, 0) is 0 Å². The second-order valence-corrected chi connectivity index (χ2v) is 0.632. The second kappa shape index (κ2) is 31.9. The van der Waals surface area contributed by atoms with Crippen molar-refractivity contribution in [2.45, 2.75) is 13.8 Å². The molecule has 0 saturated carbocycles. The summed E-state index contributed by atoms with van der Waals surface area (Å²) in [4.78, 5) is 0. The van der Waals surface area contributed by atoms with Crippen LogP contribution in [0.1, 0.15) is 13.8 Å². The van der Waals surface area contributed by atoms with Gasteiger partial charge in [0, 0.05) is 13.2 Å². The molecule has 0 radical (unpaired) electrons. The maximum Gasteiger partial charge on any atom is 0.187 e. The van der Waals surface area contributed by atoms with Crippen molar-refractivity contribution >= 4 is 17.4 Å². The molecule has 0 amide bonds. The first-order valence-corrected chi connectivity index (χ1v) is 2.05. The Morgan fingerprint density at radius 2 is 1.00 bits per heavy atom. The summed E-state index contributed by atoms with van der Waals surface area (Å²) < 4.78 is 0. The van der Waals surface area contributed by atoms with Gasteiger partial charge in [-0.05, 0) is 13.8 Å². The van der Waals surface area contributed by atoms with E-state index in [-0.39, 0.29) is 30.6 Å². The summed E-state index contributed by atoms with van der Waals surface area (Å²) in [5.74, 6) is 0. The quantitative estimate of drug-likeness (QED) is 0.397. The molecule has 0 unspecified atom stereocenters. The van der Waals surface area contributed by atoms with Crippen LogP contribution in [0.15, 0.2) is 0 Å². The second-order valence-electron chi connectivity index (χ2n) is 0.632. The minimum absolute atomic E-state index is 0. The van der Waals surface area contributed by atoms with Crippen molar-refractivity contribution in [1.82, 2.24) is 0 Å². The first-order valence-electron chi connectivity index (χ1n) is 2.05. The lowest BCUT2D eigenvalue weighted by atomic mass is 10.9. The van der Waals surface area contributed by atoms with E-state index in [4.69, 9.17) is 10.2 Å². The predicted octanol–water partition coefficient (Wildman–Crippen LogP) is -1.19. The van der Waals surface area contributed by atoms with Gasteiger partial charge in [0.25, 0.3) is 0 Å². The highest BCUT2D eigenvalue weighted by Gasteiger charge is 1.34. The third-order valence-corrected chi connectivity index (χ3v) is 0. The van der Waals surface area contributed by atoms with E-state index < -0.39 is 0 Å². The van der Waals surface area contributed by atoms with Crippen LogP contribution < -0.4 is 0 Å².